The maximum Gasteiger partial charge on any atom is 0.209 e. The summed E-state index contributed by atoms with van der Waals surface area (Å²) in [6.45, 7) is 6.05. The van der Waals surface area contributed by atoms with Gasteiger partial charge in [0.1, 0.15) is 0 Å². The quantitative estimate of drug-likeness (QED) is 0.849. The molecule has 1 aliphatic heterocycles. The third kappa shape index (κ3) is 6.55. The molecule has 0 saturated carbocycles. The molecule has 3 heteroatoms. The fourth-order valence-corrected chi connectivity index (χ4v) is 2.73. The number of aliphatic hydroxyl groups is 1. The van der Waals surface area contributed by atoms with Crippen LogP contribution < -0.4 is 0 Å². The molecule has 24 heavy (non-hydrogen) atoms. The van der Waals surface area contributed by atoms with Gasteiger partial charge in [-0.3, -0.25) is 4.79 Å². The van der Waals surface area contributed by atoms with E-state index in [1.165, 1.54) is 16.7 Å². The van der Waals surface area contributed by atoms with E-state index in [1.54, 1.807) is 0 Å². The van der Waals surface area contributed by atoms with Gasteiger partial charge in [-0.15, -0.1) is 0 Å². The van der Waals surface area contributed by atoms with Crippen LogP contribution in [-0.4, -0.2) is 36.6 Å². The summed E-state index contributed by atoms with van der Waals surface area (Å²) in [6.07, 6.45) is 3.16. The highest BCUT2D eigenvalue weighted by Gasteiger charge is 2.18. The molecule has 1 N–H and O–H groups in total. The second-order valence-electron chi connectivity index (χ2n) is 5.91. The summed E-state index contributed by atoms with van der Waals surface area (Å²) in [6, 6.07) is 18.9. The Labute approximate surface area is 145 Å². The first-order chi connectivity index (χ1) is 11.7. The minimum Gasteiger partial charge on any atom is -0.400 e. The Hall–Kier alpha value is -2.13. The lowest BCUT2D eigenvalue weighted by molar-refractivity contribution is -0.119. The standard InChI is InChI=1S/C12H15NO.C8H10.CH4O/c14-10-13-8-6-12(7-9-13)11-4-2-1-3-5-11;1-7-5-3-4-6-8(7)2;1-2/h1-5,10,12H,6-9H2;3-6H,1-2H3;2H,1H3. The number of aryl methyl sites for hydroxylation is 2. The molecule has 0 aromatic heterocycles. The van der Waals surface area contributed by atoms with Gasteiger partial charge in [0.25, 0.3) is 0 Å². The number of rotatable bonds is 2. The number of nitrogens with zero attached hydrogens (tertiary/aromatic N) is 1. The molecule has 2 aromatic carbocycles. The van der Waals surface area contributed by atoms with Gasteiger partial charge < -0.3 is 10.0 Å². The minimum absolute atomic E-state index is 0.646. The van der Waals surface area contributed by atoms with Gasteiger partial charge in [0.05, 0.1) is 0 Å². The molecule has 1 amide bonds. The van der Waals surface area contributed by atoms with Crippen molar-refractivity contribution in [1.82, 2.24) is 4.90 Å². The van der Waals surface area contributed by atoms with E-state index in [0.29, 0.717) is 5.92 Å². The second kappa shape index (κ2) is 11.4. The number of hydrogen-bond donors (Lipinski definition) is 1. The molecule has 0 spiro atoms. The molecule has 1 aliphatic rings. The van der Waals surface area contributed by atoms with Crippen molar-refractivity contribution in [3.63, 3.8) is 0 Å². The molecule has 1 saturated heterocycles. The van der Waals surface area contributed by atoms with Crippen molar-refractivity contribution in [1.29, 1.82) is 0 Å². The van der Waals surface area contributed by atoms with Crippen LogP contribution in [0.5, 0.6) is 0 Å². The predicted octanol–water partition coefficient (Wildman–Crippen LogP) is 3.93. The SMILES string of the molecule is CO.Cc1ccccc1C.O=CN1CCC(c2ccccc2)CC1. The number of hydrogen-bond acceptors (Lipinski definition) is 2. The van der Waals surface area contributed by atoms with Crippen molar-refractivity contribution in [2.45, 2.75) is 32.6 Å². The number of amides is 1. The number of likely N-dealkylation sites (tertiary alicyclic amines) is 1. The highest BCUT2D eigenvalue weighted by molar-refractivity contribution is 5.47. The van der Waals surface area contributed by atoms with E-state index in [0.717, 1.165) is 39.5 Å². The van der Waals surface area contributed by atoms with Gasteiger partial charge in [-0.25, -0.2) is 0 Å². The predicted molar refractivity (Wildman–Crippen MR) is 100 cm³/mol. The second-order valence-corrected chi connectivity index (χ2v) is 5.91. The first kappa shape index (κ1) is 19.9. The topological polar surface area (TPSA) is 40.5 Å². The lowest BCUT2D eigenvalue weighted by Gasteiger charge is -2.29. The summed E-state index contributed by atoms with van der Waals surface area (Å²) in [4.78, 5) is 12.4. The molecular formula is C21H29NO2. The van der Waals surface area contributed by atoms with Crippen LogP contribution in [0.25, 0.3) is 0 Å². The molecule has 3 rings (SSSR count). The number of piperidine rings is 1. The first-order valence-electron chi connectivity index (χ1n) is 8.42. The van der Waals surface area contributed by atoms with Crippen molar-refractivity contribution >= 4 is 6.41 Å². The Morgan fingerprint density at radius 1 is 0.875 bits per heavy atom. The largest absolute Gasteiger partial charge is 0.400 e. The number of carbonyl (C=O) groups is 1. The van der Waals surface area contributed by atoms with E-state index in [4.69, 9.17) is 5.11 Å². The van der Waals surface area contributed by atoms with Crippen molar-refractivity contribution in [3.8, 4) is 0 Å². The normalized spacial score (nSPS) is 13.9. The lowest BCUT2D eigenvalue weighted by Crippen LogP contribution is -2.31. The Bertz CT molecular complexity index is 554. The maximum absolute atomic E-state index is 10.5. The summed E-state index contributed by atoms with van der Waals surface area (Å²) in [5.74, 6) is 0.646. The van der Waals surface area contributed by atoms with Crippen molar-refractivity contribution in [2.75, 3.05) is 20.2 Å². The third-order valence-corrected chi connectivity index (χ3v) is 4.38. The van der Waals surface area contributed by atoms with Crippen LogP contribution in [0.1, 0.15) is 35.4 Å². The fourth-order valence-electron chi connectivity index (χ4n) is 2.73. The van der Waals surface area contributed by atoms with Crippen molar-refractivity contribution in [2.24, 2.45) is 0 Å². The van der Waals surface area contributed by atoms with Crippen LogP contribution in [0.15, 0.2) is 54.6 Å². The molecule has 130 valence electrons. The van der Waals surface area contributed by atoms with Crippen molar-refractivity contribution < 1.29 is 9.90 Å². The molecule has 0 unspecified atom stereocenters. The van der Waals surface area contributed by atoms with Gasteiger partial charge in [-0.1, -0.05) is 54.6 Å². The molecular weight excluding hydrogens is 298 g/mol. The van der Waals surface area contributed by atoms with E-state index in [9.17, 15) is 4.79 Å². The van der Waals surface area contributed by atoms with E-state index < -0.39 is 0 Å². The van der Waals surface area contributed by atoms with Gasteiger partial charge in [-0.2, -0.15) is 0 Å². The molecule has 3 nitrogen and oxygen atoms in total. The van der Waals surface area contributed by atoms with Crippen molar-refractivity contribution in [3.05, 3.63) is 71.3 Å². The Morgan fingerprint density at radius 3 is 1.75 bits per heavy atom. The third-order valence-electron chi connectivity index (χ3n) is 4.38. The monoisotopic (exact) mass is 327 g/mol. The van der Waals surface area contributed by atoms with Crippen LogP contribution in [0.2, 0.25) is 0 Å². The number of carbonyl (C=O) groups excluding carboxylic acids is 1. The lowest BCUT2D eigenvalue weighted by atomic mass is 9.90. The van der Waals surface area contributed by atoms with Gasteiger partial charge in [0, 0.05) is 20.2 Å². The van der Waals surface area contributed by atoms with E-state index in [1.807, 2.05) is 11.0 Å². The fraction of sp³-hybridized carbons (Fsp3) is 0.381. The van der Waals surface area contributed by atoms with Crippen LogP contribution in [0.3, 0.4) is 0 Å². The number of aliphatic hydroxyl groups excluding tert-OH is 1. The van der Waals surface area contributed by atoms with Crippen LogP contribution >= 0.6 is 0 Å². The molecule has 1 fully saturated rings. The van der Waals surface area contributed by atoms with Gasteiger partial charge in [0.15, 0.2) is 0 Å². The van der Waals surface area contributed by atoms with Gasteiger partial charge in [-0.05, 0) is 49.3 Å². The van der Waals surface area contributed by atoms with Crippen LogP contribution in [0, 0.1) is 13.8 Å². The molecule has 0 radical (unpaired) electrons. The summed E-state index contributed by atoms with van der Waals surface area (Å²) >= 11 is 0. The molecule has 0 aliphatic carbocycles. The Balaban J connectivity index is 0.000000245. The summed E-state index contributed by atoms with van der Waals surface area (Å²) in [5, 5.41) is 7.00. The van der Waals surface area contributed by atoms with Gasteiger partial charge in [0.2, 0.25) is 6.41 Å². The Morgan fingerprint density at radius 2 is 1.33 bits per heavy atom. The molecule has 1 heterocycles. The zero-order valence-corrected chi connectivity index (χ0v) is 15.0. The van der Waals surface area contributed by atoms with Crippen LogP contribution in [-0.2, 0) is 4.79 Å². The van der Waals surface area contributed by atoms with Crippen LogP contribution in [0.4, 0.5) is 0 Å². The highest BCUT2D eigenvalue weighted by Crippen LogP contribution is 2.26. The first-order valence-corrected chi connectivity index (χ1v) is 8.42. The molecule has 2 aromatic rings. The minimum atomic E-state index is 0.646. The summed E-state index contributed by atoms with van der Waals surface area (Å²) < 4.78 is 0. The number of benzene rings is 2. The van der Waals surface area contributed by atoms with E-state index in [-0.39, 0.29) is 0 Å². The maximum atomic E-state index is 10.5. The Kier molecular flexibility index (Phi) is 9.47. The smallest absolute Gasteiger partial charge is 0.209 e. The highest BCUT2D eigenvalue weighted by atomic mass is 16.2. The average molecular weight is 327 g/mol. The average Bonchev–Trinajstić information content (AvgIpc) is 2.67. The summed E-state index contributed by atoms with van der Waals surface area (Å²) in [7, 11) is 1.00. The zero-order valence-electron chi connectivity index (χ0n) is 15.0. The van der Waals surface area contributed by atoms with E-state index >= 15 is 0 Å². The zero-order chi connectivity index (χ0) is 17.8. The van der Waals surface area contributed by atoms with E-state index in [2.05, 4.69) is 62.4 Å². The molecule has 0 atom stereocenters. The molecule has 0 bridgehead atoms. The summed E-state index contributed by atoms with van der Waals surface area (Å²) in [5.41, 5.74) is 4.15. The van der Waals surface area contributed by atoms with Gasteiger partial charge >= 0.3 is 0 Å².